The van der Waals surface area contributed by atoms with Gasteiger partial charge in [-0.2, -0.15) is 0 Å². The topological polar surface area (TPSA) is 53.4 Å². The predicted octanol–water partition coefficient (Wildman–Crippen LogP) is 6.16. The molecule has 0 atom stereocenters. The summed E-state index contributed by atoms with van der Waals surface area (Å²) in [5.41, 5.74) is 3.76. The Morgan fingerprint density at radius 2 is 1.87 bits per heavy atom. The van der Waals surface area contributed by atoms with Crippen LogP contribution in [0.25, 0.3) is 0 Å². The zero-order valence-corrected chi connectivity index (χ0v) is 19.2. The van der Waals surface area contributed by atoms with Crippen LogP contribution >= 0.6 is 22.7 Å². The number of hydrogen-bond acceptors (Lipinski definition) is 5. The lowest BCUT2D eigenvalue weighted by molar-refractivity contribution is -0.136. The van der Waals surface area contributed by atoms with Crippen molar-refractivity contribution >= 4 is 33.8 Å². The average Bonchev–Trinajstić information content (AvgIpc) is 3.46. The minimum Gasteiger partial charge on any atom is -0.481 e. The van der Waals surface area contributed by atoms with Crippen LogP contribution in [0.15, 0.2) is 41.8 Å². The molecule has 6 heteroatoms. The lowest BCUT2D eigenvalue weighted by Gasteiger charge is -2.28. The van der Waals surface area contributed by atoms with Crippen LogP contribution in [0.5, 0.6) is 0 Å². The second-order valence-corrected chi connectivity index (χ2v) is 10.5. The van der Waals surface area contributed by atoms with E-state index in [1.54, 1.807) is 22.7 Å². The van der Waals surface area contributed by atoms with Gasteiger partial charge in [-0.05, 0) is 44.4 Å². The minimum atomic E-state index is -0.772. The van der Waals surface area contributed by atoms with Crippen molar-refractivity contribution in [3.05, 3.63) is 68.4 Å². The molecular formula is C24H28N2O2S2. The van der Waals surface area contributed by atoms with Crippen LogP contribution in [0.3, 0.4) is 0 Å². The smallest absolute Gasteiger partial charge is 0.305 e. The molecule has 3 aromatic rings. The fourth-order valence-corrected chi connectivity index (χ4v) is 6.26. The largest absolute Gasteiger partial charge is 0.481 e. The van der Waals surface area contributed by atoms with Crippen LogP contribution < -0.4 is 4.90 Å². The van der Waals surface area contributed by atoms with Crippen LogP contribution in [-0.4, -0.2) is 22.6 Å². The maximum atomic E-state index is 11.2. The Balaban J connectivity index is 1.64. The summed E-state index contributed by atoms with van der Waals surface area (Å²) in [5, 5.41) is 12.4. The molecule has 4 rings (SSSR count). The number of carboxylic acid groups (broad SMARTS) is 1. The molecule has 1 fully saturated rings. The molecule has 30 heavy (non-hydrogen) atoms. The molecule has 0 spiro atoms. The van der Waals surface area contributed by atoms with Crippen molar-refractivity contribution in [3.63, 3.8) is 0 Å². The van der Waals surface area contributed by atoms with Crippen LogP contribution in [-0.2, 0) is 16.8 Å². The first-order valence-corrected chi connectivity index (χ1v) is 12.2. The number of aryl methyl sites for hydroxylation is 2. The van der Waals surface area contributed by atoms with Crippen molar-refractivity contribution in [2.24, 2.45) is 0 Å². The zero-order chi connectivity index (χ0) is 21.1. The summed E-state index contributed by atoms with van der Waals surface area (Å²) in [6.07, 6.45) is 4.80. The van der Waals surface area contributed by atoms with E-state index in [1.165, 1.54) is 33.7 Å². The van der Waals surface area contributed by atoms with E-state index < -0.39 is 5.97 Å². The Bertz CT molecular complexity index is 1000. The average molecular weight is 441 g/mol. The maximum absolute atomic E-state index is 11.2. The monoisotopic (exact) mass is 440 g/mol. The summed E-state index contributed by atoms with van der Waals surface area (Å²) in [6.45, 7) is 5.40. The Kier molecular flexibility index (Phi) is 6.25. The molecule has 0 aliphatic heterocycles. The van der Waals surface area contributed by atoms with Gasteiger partial charge in [0, 0.05) is 27.1 Å². The predicted molar refractivity (Wildman–Crippen MR) is 125 cm³/mol. The molecule has 2 heterocycles. The molecule has 0 radical (unpaired) electrons. The SMILES string of the molecule is Cc1ccc(C2(c3csc(N(CCC(=O)O)Cc4ccc(C)s4)n3)CCCC2)cc1. The summed E-state index contributed by atoms with van der Waals surface area (Å²) in [6, 6.07) is 13.2. The van der Waals surface area contributed by atoms with Crippen molar-refractivity contribution in [2.45, 2.75) is 57.9 Å². The van der Waals surface area contributed by atoms with Gasteiger partial charge in [0.1, 0.15) is 0 Å². The van der Waals surface area contributed by atoms with Crippen molar-refractivity contribution in [1.82, 2.24) is 4.98 Å². The molecule has 0 bridgehead atoms. The first kappa shape index (κ1) is 21.1. The Morgan fingerprint density at radius 1 is 1.13 bits per heavy atom. The molecule has 0 amide bonds. The van der Waals surface area contributed by atoms with Crippen LogP contribution in [0.4, 0.5) is 5.13 Å². The summed E-state index contributed by atoms with van der Waals surface area (Å²) in [5.74, 6) is -0.772. The summed E-state index contributed by atoms with van der Waals surface area (Å²) in [4.78, 5) is 21.0. The standard InChI is InChI=1S/C24H28N2O2S2/c1-17-5-8-19(9-6-17)24(12-3-4-13-24)21-16-29-23(25-21)26(14-11-22(27)28)15-20-10-7-18(2)30-20/h5-10,16H,3-4,11-15H2,1-2H3,(H,27,28). The molecule has 2 aromatic heterocycles. The number of rotatable bonds is 8. The van der Waals surface area contributed by atoms with Crippen molar-refractivity contribution in [1.29, 1.82) is 0 Å². The van der Waals surface area contributed by atoms with E-state index in [4.69, 9.17) is 4.98 Å². The number of thiazole rings is 1. The summed E-state index contributed by atoms with van der Waals surface area (Å²) >= 11 is 3.41. The molecule has 0 saturated heterocycles. The first-order valence-electron chi connectivity index (χ1n) is 10.5. The van der Waals surface area contributed by atoms with E-state index in [2.05, 4.69) is 60.5 Å². The molecule has 0 unspecified atom stereocenters. The molecule has 1 saturated carbocycles. The van der Waals surface area contributed by atoms with E-state index in [0.717, 1.165) is 23.7 Å². The quantitative estimate of drug-likeness (QED) is 0.455. The molecule has 1 aliphatic carbocycles. The van der Waals surface area contributed by atoms with Gasteiger partial charge in [0.05, 0.1) is 18.7 Å². The number of benzene rings is 1. The fraction of sp³-hybridized carbons (Fsp3) is 0.417. The number of nitrogens with zero attached hydrogens (tertiary/aromatic N) is 2. The molecule has 1 aliphatic rings. The second kappa shape index (κ2) is 8.90. The molecule has 158 valence electrons. The van der Waals surface area contributed by atoms with Crippen molar-refractivity contribution < 1.29 is 9.90 Å². The van der Waals surface area contributed by atoms with Gasteiger partial charge in [0.15, 0.2) is 5.13 Å². The number of hydrogen-bond donors (Lipinski definition) is 1. The third kappa shape index (κ3) is 4.44. The highest BCUT2D eigenvalue weighted by atomic mass is 32.1. The first-order chi connectivity index (χ1) is 14.5. The highest BCUT2D eigenvalue weighted by molar-refractivity contribution is 7.14. The maximum Gasteiger partial charge on any atom is 0.305 e. The van der Waals surface area contributed by atoms with Gasteiger partial charge in [-0.15, -0.1) is 22.7 Å². The second-order valence-electron chi connectivity index (χ2n) is 8.25. The van der Waals surface area contributed by atoms with Crippen LogP contribution in [0, 0.1) is 13.8 Å². The molecule has 4 nitrogen and oxygen atoms in total. The number of anilines is 1. The van der Waals surface area contributed by atoms with Gasteiger partial charge in [0.25, 0.3) is 0 Å². The number of aromatic nitrogens is 1. The van der Waals surface area contributed by atoms with Gasteiger partial charge < -0.3 is 10.0 Å². The molecular weight excluding hydrogens is 412 g/mol. The van der Waals surface area contributed by atoms with Crippen molar-refractivity contribution in [3.8, 4) is 0 Å². The van der Waals surface area contributed by atoms with Gasteiger partial charge in [-0.1, -0.05) is 42.7 Å². The number of carboxylic acids is 1. The highest BCUT2D eigenvalue weighted by Crippen LogP contribution is 2.47. The highest BCUT2D eigenvalue weighted by Gasteiger charge is 2.39. The Labute approximate surface area is 186 Å². The third-order valence-electron chi connectivity index (χ3n) is 6.05. The van der Waals surface area contributed by atoms with E-state index in [1.807, 2.05) is 0 Å². The van der Waals surface area contributed by atoms with E-state index in [9.17, 15) is 9.90 Å². The fourth-order valence-electron chi connectivity index (χ4n) is 4.40. The van der Waals surface area contributed by atoms with Crippen LogP contribution in [0.1, 0.15) is 58.7 Å². The summed E-state index contributed by atoms with van der Waals surface area (Å²) < 4.78 is 0. The van der Waals surface area contributed by atoms with E-state index in [-0.39, 0.29) is 11.8 Å². The lowest BCUT2D eigenvalue weighted by atomic mass is 9.76. The van der Waals surface area contributed by atoms with E-state index in [0.29, 0.717) is 13.1 Å². The normalized spacial score (nSPS) is 15.4. The van der Waals surface area contributed by atoms with Gasteiger partial charge in [-0.3, -0.25) is 4.79 Å². The minimum absolute atomic E-state index is 0.0135. The third-order valence-corrected chi connectivity index (χ3v) is 7.94. The Morgan fingerprint density at radius 3 is 2.50 bits per heavy atom. The zero-order valence-electron chi connectivity index (χ0n) is 17.6. The van der Waals surface area contributed by atoms with E-state index >= 15 is 0 Å². The lowest BCUT2D eigenvalue weighted by Crippen LogP contribution is -2.27. The number of thiophene rings is 1. The van der Waals surface area contributed by atoms with Gasteiger partial charge in [-0.25, -0.2) is 4.98 Å². The number of aliphatic carboxylic acids is 1. The van der Waals surface area contributed by atoms with Gasteiger partial charge >= 0.3 is 5.97 Å². The molecule has 1 N–H and O–H groups in total. The molecule has 1 aromatic carbocycles. The van der Waals surface area contributed by atoms with Gasteiger partial charge in [0.2, 0.25) is 0 Å². The van der Waals surface area contributed by atoms with Crippen LogP contribution in [0.2, 0.25) is 0 Å². The summed E-state index contributed by atoms with van der Waals surface area (Å²) in [7, 11) is 0. The number of carbonyl (C=O) groups is 1. The Hall–Kier alpha value is -2.18. The van der Waals surface area contributed by atoms with Crippen molar-refractivity contribution in [2.75, 3.05) is 11.4 Å².